The Morgan fingerprint density at radius 2 is 2.26 bits per heavy atom. The molecule has 6 nitrogen and oxygen atoms in total. The number of rotatable bonds is 4. The Labute approximate surface area is 110 Å². The van der Waals surface area contributed by atoms with Crippen LogP contribution in [0.4, 0.5) is 0 Å². The minimum atomic E-state index is 0.670. The predicted molar refractivity (Wildman–Crippen MR) is 72.1 cm³/mol. The summed E-state index contributed by atoms with van der Waals surface area (Å²) in [6.45, 7) is 0.728. The van der Waals surface area contributed by atoms with Gasteiger partial charge in [-0.25, -0.2) is 9.50 Å². The normalized spacial score (nSPS) is 11.1. The number of methoxy groups -OCH3 is 1. The molecule has 0 aliphatic heterocycles. The lowest BCUT2D eigenvalue weighted by atomic mass is 10.2. The van der Waals surface area contributed by atoms with Crippen LogP contribution in [-0.4, -0.2) is 33.7 Å². The Morgan fingerprint density at radius 1 is 1.37 bits per heavy atom. The molecule has 3 rings (SSSR count). The summed E-state index contributed by atoms with van der Waals surface area (Å²) in [6.07, 6.45) is 1.93. The van der Waals surface area contributed by atoms with Gasteiger partial charge in [0.2, 0.25) is 0 Å². The number of imidazole rings is 1. The van der Waals surface area contributed by atoms with Crippen molar-refractivity contribution in [2.75, 3.05) is 14.2 Å². The van der Waals surface area contributed by atoms with E-state index in [0.717, 1.165) is 29.4 Å². The van der Waals surface area contributed by atoms with E-state index in [-0.39, 0.29) is 0 Å². The van der Waals surface area contributed by atoms with Crippen LogP contribution in [0.1, 0.15) is 5.69 Å². The van der Waals surface area contributed by atoms with Crippen molar-refractivity contribution in [2.45, 2.75) is 6.54 Å². The van der Waals surface area contributed by atoms with Crippen LogP contribution < -0.4 is 10.1 Å². The second-order valence-electron chi connectivity index (χ2n) is 4.24. The summed E-state index contributed by atoms with van der Waals surface area (Å²) in [4.78, 5) is 8.89. The molecule has 0 saturated carbocycles. The zero-order chi connectivity index (χ0) is 13.2. The molecule has 3 aromatic rings. The molecule has 0 unspecified atom stereocenters. The van der Waals surface area contributed by atoms with Gasteiger partial charge in [0, 0.05) is 12.1 Å². The SMILES string of the molecule is CNCc1cn2[nH]c(-c3cccc(OC)c3)nc2n1. The lowest BCUT2D eigenvalue weighted by Crippen LogP contribution is -2.05. The summed E-state index contributed by atoms with van der Waals surface area (Å²) >= 11 is 0. The van der Waals surface area contributed by atoms with Crippen molar-refractivity contribution in [3.8, 4) is 17.1 Å². The lowest BCUT2D eigenvalue weighted by molar-refractivity contribution is 0.415. The van der Waals surface area contributed by atoms with Gasteiger partial charge in [-0.05, 0) is 19.2 Å². The Bertz CT molecular complexity index is 668. The first-order valence-electron chi connectivity index (χ1n) is 6.03. The number of hydrogen-bond acceptors (Lipinski definition) is 4. The zero-order valence-corrected chi connectivity index (χ0v) is 10.8. The third-order valence-electron chi connectivity index (χ3n) is 2.88. The van der Waals surface area contributed by atoms with Gasteiger partial charge < -0.3 is 10.1 Å². The fraction of sp³-hybridized carbons (Fsp3) is 0.231. The summed E-state index contributed by atoms with van der Waals surface area (Å²) in [5.41, 5.74) is 1.93. The van der Waals surface area contributed by atoms with Crippen LogP contribution in [0.15, 0.2) is 30.5 Å². The van der Waals surface area contributed by atoms with Crippen molar-refractivity contribution < 1.29 is 4.74 Å². The van der Waals surface area contributed by atoms with Crippen LogP contribution in [0.3, 0.4) is 0 Å². The number of H-pyrrole nitrogens is 1. The van der Waals surface area contributed by atoms with Crippen molar-refractivity contribution in [1.82, 2.24) is 24.9 Å². The highest BCUT2D eigenvalue weighted by atomic mass is 16.5. The topological polar surface area (TPSA) is 67.2 Å². The molecule has 19 heavy (non-hydrogen) atoms. The number of ether oxygens (including phenoxy) is 1. The molecule has 0 aliphatic carbocycles. The number of aromatic nitrogens is 4. The van der Waals surface area contributed by atoms with Crippen LogP contribution in [0, 0.1) is 0 Å². The van der Waals surface area contributed by atoms with E-state index < -0.39 is 0 Å². The fourth-order valence-corrected chi connectivity index (χ4v) is 1.98. The summed E-state index contributed by atoms with van der Waals surface area (Å²) in [5, 5.41) is 6.26. The molecule has 0 fully saturated rings. The average Bonchev–Trinajstić information content (AvgIpc) is 2.97. The molecule has 1 aromatic carbocycles. The molecule has 0 aliphatic rings. The van der Waals surface area contributed by atoms with Crippen LogP contribution >= 0.6 is 0 Å². The van der Waals surface area contributed by atoms with Crippen molar-refractivity contribution >= 4 is 5.78 Å². The standard InChI is InChI=1S/C13H15N5O/c1-14-7-10-8-18-13(15-10)16-12(17-18)9-4-3-5-11(6-9)19-2/h3-6,8,14H,7H2,1-2H3,(H,15,16,17). The number of aromatic amines is 1. The number of nitrogens with zero attached hydrogens (tertiary/aromatic N) is 3. The molecule has 0 bridgehead atoms. The van der Waals surface area contributed by atoms with Gasteiger partial charge in [0.1, 0.15) is 5.75 Å². The maximum atomic E-state index is 5.21. The average molecular weight is 257 g/mol. The van der Waals surface area contributed by atoms with Crippen molar-refractivity contribution in [3.63, 3.8) is 0 Å². The van der Waals surface area contributed by atoms with Gasteiger partial charge >= 0.3 is 0 Å². The van der Waals surface area contributed by atoms with E-state index in [1.165, 1.54) is 0 Å². The summed E-state index contributed by atoms with van der Waals surface area (Å²) in [5.74, 6) is 2.25. The van der Waals surface area contributed by atoms with Crippen LogP contribution in [-0.2, 0) is 6.54 Å². The quantitative estimate of drug-likeness (QED) is 0.742. The van der Waals surface area contributed by atoms with Crippen molar-refractivity contribution in [2.24, 2.45) is 0 Å². The summed E-state index contributed by atoms with van der Waals surface area (Å²) in [6, 6.07) is 7.76. The van der Waals surface area contributed by atoms with E-state index in [1.807, 2.05) is 42.0 Å². The largest absolute Gasteiger partial charge is 0.497 e. The van der Waals surface area contributed by atoms with E-state index in [1.54, 1.807) is 7.11 Å². The van der Waals surface area contributed by atoms with Crippen molar-refractivity contribution in [3.05, 3.63) is 36.2 Å². The third kappa shape index (κ3) is 2.17. The number of hydrogen-bond donors (Lipinski definition) is 2. The molecule has 2 N–H and O–H groups in total. The Morgan fingerprint density at radius 3 is 3.00 bits per heavy atom. The van der Waals surface area contributed by atoms with Gasteiger partial charge in [-0.1, -0.05) is 12.1 Å². The van der Waals surface area contributed by atoms with E-state index >= 15 is 0 Å². The maximum Gasteiger partial charge on any atom is 0.251 e. The lowest BCUT2D eigenvalue weighted by Gasteiger charge is -2.01. The van der Waals surface area contributed by atoms with E-state index in [4.69, 9.17) is 4.74 Å². The number of benzene rings is 1. The van der Waals surface area contributed by atoms with Gasteiger partial charge in [0.05, 0.1) is 19.0 Å². The fourth-order valence-electron chi connectivity index (χ4n) is 1.98. The molecule has 0 saturated heterocycles. The minimum Gasteiger partial charge on any atom is -0.497 e. The highest BCUT2D eigenvalue weighted by Gasteiger charge is 2.09. The van der Waals surface area contributed by atoms with Gasteiger partial charge in [0.15, 0.2) is 5.82 Å². The molecular weight excluding hydrogens is 242 g/mol. The second kappa shape index (κ2) is 4.74. The van der Waals surface area contributed by atoms with Crippen molar-refractivity contribution in [1.29, 1.82) is 0 Å². The summed E-state index contributed by atoms with van der Waals surface area (Å²) in [7, 11) is 3.54. The van der Waals surface area contributed by atoms with Gasteiger partial charge in [-0.15, -0.1) is 0 Å². The third-order valence-corrected chi connectivity index (χ3v) is 2.88. The smallest absolute Gasteiger partial charge is 0.251 e. The molecular formula is C13H15N5O. The van der Waals surface area contributed by atoms with Gasteiger partial charge in [-0.2, -0.15) is 4.98 Å². The monoisotopic (exact) mass is 257 g/mol. The number of nitrogens with one attached hydrogen (secondary N) is 2. The first-order chi connectivity index (χ1) is 9.30. The van der Waals surface area contributed by atoms with Crippen LogP contribution in [0.2, 0.25) is 0 Å². The Balaban J connectivity index is 1.98. The van der Waals surface area contributed by atoms with E-state index in [2.05, 4.69) is 20.4 Å². The first-order valence-corrected chi connectivity index (χ1v) is 6.03. The molecule has 2 heterocycles. The molecule has 0 spiro atoms. The van der Waals surface area contributed by atoms with E-state index in [9.17, 15) is 0 Å². The first kappa shape index (κ1) is 11.7. The maximum absolute atomic E-state index is 5.21. The highest BCUT2D eigenvalue weighted by Crippen LogP contribution is 2.21. The second-order valence-corrected chi connectivity index (χ2v) is 4.24. The Hall–Kier alpha value is -2.34. The molecule has 98 valence electrons. The highest BCUT2D eigenvalue weighted by molar-refractivity contribution is 5.59. The zero-order valence-electron chi connectivity index (χ0n) is 10.8. The minimum absolute atomic E-state index is 0.670. The molecule has 2 aromatic heterocycles. The van der Waals surface area contributed by atoms with Crippen LogP contribution in [0.5, 0.6) is 5.75 Å². The van der Waals surface area contributed by atoms with E-state index in [0.29, 0.717) is 5.78 Å². The Kier molecular flexibility index (Phi) is 2.92. The van der Waals surface area contributed by atoms with Crippen LogP contribution in [0.25, 0.3) is 17.2 Å². The number of fused-ring (bicyclic) bond motifs is 1. The molecule has 0 atom stereocenters. The van der Waals surface area contributed by atoms with Gasteiger partial charge in [0.25, 0.3) is 5.78 Å². The molecule has 0 radical (unpaired) electrons. The molecule has 6 heteroatoms. The summed E-state index contributed by atoms with van der Waals surface area (Å²) < 4.78 is 7.03. The van der Waals surface area contributed by atoms with Gasteiger partial charge in [-0.3, -0.25) is 5.10 Å². The molecule has 0 amide bonds. The predicted octanol–water partition coefficient (Wildman–Crippen LogP) is 1.45.